The maximum atomic E-state index is 14.6. The van der Waals surface area contributed by atoms with Gasteiger partial charge in [-0.2, -0.15) is 0 Å². The van der Waals surface area contributed by atoms with Gasteiger partial charge in [-0.1, -0.05) is 114 Å². The van der Waals surface area contributed by atoms with Crippen LogP contribution in [0.15, 0.2) is 135 Å². The first kappa shape index (κ1) is 76.5. The maximum absolute atomic E-state index is 14.6. The molecule has 12 rings (SSSR count). The lowest BCUT2D eigenvalue weighted by molar-refractivity contribution is -0.150. The van der Waals surface area contributed by atoms with E-state index in [1.54, 1.807) is 107 Å². The number of fused-ring (bicyclic) bond motifs is 2. The van der Waals surface area contributed by atoms with Gasteiger partial charge in [-0.25, -0.2) is 31.6 Å². The lowest BCUT2D eigenvalue weighted by Crippen LogP contribution is -2.58. The summed E-state index contributed by atoms with van der Waals surface area (Å²) in [5.74, 6) is -3.20. The van der Waals surface area contributed by atoms with E-state index in [1.165, 1.54) is 22.0 Å². The van der Waals surface area contributed by atoms with Crippen molar-refractivity contribution >= 4 is 83.4 Å². The fraction of sp³-hybridized carbons (Fsp3) is 0.468. The second-order valence-corrected chi connectivity index (χ2v) is 35.1. The van der Waals surface area contributed by atoms with Gasteiger partial charge >= 0.3 is 6.09 Å². The van der Waals surface area contributed by atoms with Crippen molar-refractivity contribution in [3.8, 4) is 45.5 Å². The van der Waals surface area contributed by atoms with Gasteiger partial charge in [0.25, 0.3) is 23.6 Å². The Bertz CT molecular complexity index is 4630. The van der Waals surface area contributed by atoms with Crippen LogP contribution in [0.5, 0.6) is 23.0 Å². The number of aliphatic hydroxyl groups is 1. The highest BCUT2D eigenvalue weighted by Crippen LogP contribution is 2.48. The molecule has 0 unspecified atom stereocenters. The molecule has 0 bridgehead atoms. The highest BCUT2D eigenvalue weighted by Gasteiger charge is 2.64. The minimum Gasteiger partial charge on any atom is -0.497 e. The number of carbonyl (C=O) groups is 7. The van der Waals surface area contributed by atoms with Crippen LogP contribution in [0.3, 0.4) is 0 Å². The molecule has 4 aliphatic carbocycles. The molecule has 0 radical (unpaired) electrons. The number of sulfonamides is 2. The van der Waals surface area contributed by atoms with Crippen LogP contribution in [-0.2, 0) is 53.6 Å². The normalized spacial score (nSPS) is 23.4. The Morgan fingerprint density at radius 2 is 0.971 bits per heavy atom. The molecule has 2 saturated heterocycles. The minimum absolute atomic E-state index is 0.0000919. The number of hydrogen-bond acceptors (Lipinski definition) is 19. The van der Waals surface area contributed by atoms with Crippen molar-refractivity contribution in [2.75, 3.05) is 27.3 Å². The van der Waals surface area contributed by atoms with Gasteiger partial charge in [0.15, 0.2) is 6.10 Å². The van der Waals surface area contributed by atoms with E-state index in [1.807, 2.05) is 78.9 Å². The third kappa shape index (κ3) is 17.0. The molecular formula is C77H93N9O17S2. The van der Waals surface area contributed by atoms with E-state index in [4.69, 9.17) is 33.7 Å². The molecule has 4 aromatic carbocycles. The number of amides is 7. The van der Waals surface area contributed by atoms with Crippen LogP contribution in [0.2, 0.25) is 0 Å². The van der Waals surface area contributed by atoms with Gasteiger partial charge in [0, 0.05) is 81.8 Å². The quantitative estimate of drug-likeness (QED) is 0.0329. The first-order chi connectivity index (χ1) is 49.4. The SMILES string of the molecule is C=C[C@@H]1C[C@]1(NC(=O)[C@@H]1C[C@@H](Oc2cc(-c3ccccc3)nc3cc(OC)ccc23)CN1C(=O)[C@@H](O)C(C)(C)C)C(=O)NS(=O)(=O)C1CC1.C=C[C@@H]1C[C@]1(NC(=O)[C@@H]1C[C@@H](Oc2cc(-c3ccccc3)nc3cc(OC)ccc23)CN1C(=O)[C@@H](OC(=O)NC(C)(C)C)C(C)(C)C)C(=O)NS(=O)(=O)C1CC1. The first-order valence-electron chi connectivity index (χ1n) is 35.1. The number of ether oxygens (including phenoxy) is 5. The van der Waals surface area contributed by atoms with Gasteiger partial charge in [-0.3, -0.25) is 38.2 Å². The van der Waals surface area contributed by atoms with E-state index in [9.17, 15) is 55.5 Å². The Kier molecular flexibility index (Phi) is 21.4. The number of likely N-dealkylation sites (tertiary alicyclic amines) is 2. The van der Waals surface area contributed by atoms with E-state index < -0.39 is 148 Å². The molecule has 7 amide bonds. The minimum atomic E-state index is -3.92. The van der Waals surface area contributed by atoms with Gasteiger partial charge in [0.1, 0.15) is 64.5 Å². The second-order valence-electron chi connectivity index (χ2n) is 31.1. The van der Waals surface area contributed by atoms with Crippen molar-refractivity contribution in [2.45, 2.75) is 177 Å². The summed E-state index contributed by atoms with van der Waals surface area (Å²) in [7, 11) is -4.66. The molecule has 6 N–H and O–H groups in total. The molecule has 10 atom stereocenters. The Hall–Kier alpha value is -9.67. The van der Waals surface area contributed by atoms with Crippen LogP contribution < -0.4 is 44.3 Å². The van der Waals surface area contributed by atoms with Crippen molar-refractivity contribution < 1.29 is 79.2 Å². The van der Waals surface area contributed by atoms with Crippen molar-refractivity contribution in [1.29, 1.82) is 0 Å². The number of rotatable bonds is 23. The van der Waals surface area contributed by atoms with Crippen LogP contribution in [0.1, 0.15) is 114 Å². The molecule has 560 valence electrons. The average Bonchev–Trinajstić information content (AvgIpc) is 1.53. The zero-order valence-corrected chi connectivity index (χ0v) is 62.5. The number of alkyl carbamates (subject to hydrolysis) is 1. The Morgan fingerprint density at radius 1 is 0.571 bits per heavy atom. The molecule has 105 heavy (non-hydrogen) atoms. The summed E-state index contributed by atoms with van der Waals surface area (Å²) in [6.45, 7) is 23.2. The Morgan fingerprint density at radius 3 is 1.31 bits per heavy atom. The molecule has 4 saturated carbocycles. The van der Waals surface area contributed by atoms with Gasteiger partial charge in [0.05, 0.1) is 60.2 Å². The van der Waals surface area contributed by atoms with E-state index in [-0.39, 0.29) is 38.8 Å². The highest BCUT2D eigenvalue weighted by molar-refractivity contribution is 7.91. The predicted octanol–water partition coefficient (Wildman–Crippen LogP) is 8.20. The standard InChI is InChI=1S/C41H51N5O9S.C36H42N4O8S/c1-9-25-22-41(25,37(49)45-56(51,52)28-16-17-28)43-35(47)32-20-27(23-46(32)36(48)34(39(2,3)4)55-38(50)44-40(5,6)7)54-33-21-30(24-13-11-10-12-14-24)42-31-19-26(53-8)15-18-29(31)33;1-6-22-19-36(22,34(44)39-49(45,46)25-13-14-25)38-32(42)29-17-24(20-40(29)33(43)31(41)35(2,3)4)48-30-18-27(21-10-8-7-9-11-21)37-28-16-23(47-5)12-15-26(28)30/h9-15,18-19,21,25,27-28,32,34H,1,16-17,20,22-23H2,2-8H3,(H,43,47)(H,44,50)(H,45,49);6-12,15-16,18,22,24-25,29,31,41H,1,13-14,17,19-20H2,2-5H3,(H,38,42)(H,39,44)/t25-,27-,32+,34-,41-;22-,24-,29+,31-,36-/m11/s1. The molecule has 6 aromatic rings. The number of pyridine rings is 2. The molecule has 6 aliphatic rings. The maximum Gasteiger partial charge on any atom is 0.408 e. The zero-order valence-electron chi connectivity index (χ0n) is 60.9. The second kappa shape index (κ2) is 29.3. The Balaban J connectivity index is 0.000000212. The van der Waals surface area contributed by atoms with Crippen LogP contribution in [-0.4, -0.2) is 174 Å². The van der Waals surface area contributed by atoms with Crippen molar-refractivity contribution in [3.05, 3.63) is 135 Å². The highest BCUT2D eigenvalue weighted by atomic mass is 32.2. The van der Waals surface area contributed by atoms with E-state index in [2.05, 4.69) is 38.6 Å². The summed E-state index contributed by atoms with van der Waals surface area (Å²) in [4.78, 5) is 109. The lowest BCUT2D eigenvalue weighted by Gasteiger charge is -2.35. The molecule has 2 aromatic heterocycles. The largest absolute Gasteiger partial charge is 0.497 e. The molecule has 4 heterocycles. The number of carbonyl (C=O) groups excluding carboxylic acids is 7. The number of aliphatic hydroxyl groups excluding tert-OH is 1. The van der Waals surface area contributed by atoms with Gasteiger partial charge in [-0.05, 0) is 89.0 Å². The predicted molar refractivity (Wildman–Crippen MR) is 393 cm³/mol. The van der Waals surface area contributed by atoms with Crippen LogP contribution in [0.25, 0.3) is 44.3 Å². The zero-order chi connectivity index (χ0) is 76.1. The number of hydrogen-bond donors (Lipinski definition) is 6. The summed E-state index contributed by atoms with van der Waals surface area (Å²) in [5.41, 5.74) is -1.28. The van der Waals surface area contributed by atoms with E-state index in [0.29, 0.717) is 81.9 Å². The fourth-order valence-corrected chi connectivity index (χ4v) is 15.9. The fourth-order valence-electron chi connectivity index (χ4n) is 13.2. The molecule has 0 spiro atoms. The molecule has 28 heteroatoms. The third-order valence-corrected chi connectivity index (χ3v) is 23.3. The monoisotopic (exact) mass is 1480 g/mol. The van der Waals surface area contributed by atoms with E-state index >= 15 is 0 Å². The summed E-state index contributed by atoms with van der Waals surface area (Å²) in [5, 5.41) is 19.4. The third-order valence-electron chi connectivity index (χ3n) is 19.6. The molecular weight excluding hydrogens is 1390 g/mol. The summed E-state index contributed by atoms with van der Waals surface area (Å²) < 4.78 is 85.0. The smallest absolute Gasteiger partial charge is 0.408 e. The van der Waals surface area contributed by atoms with Gasteiger partial charge in [0.2, 0.25) is 31.9 Å². The number of aromatic nitrogens is 2. The molecule has 6 fully saturated rings. The topological polar surface area (TPSA) is 347 Å². The first-order valence-corrected chi connectivity index (χ1v) is 38.2. The summed E-state index contributed by atoms with van der Waals surface area (Å²) >= 11 is 0. The number of nitrogens with zero attached hydrogens (tertiary/aromatic N) is 4. The van der Waals surface area contributed by atoms with Crippen molar-refractivity contribution in [1.82, 2.24) is 45.2 Å². The van der Waals surface area contributed by atoms with Crippen LogP contribution in [0.4, 0.5) is 4.79 Å². The number of methoxy groups -OCH3 is 2. The average molecular weight is 1480 g/mol. The number of benzene rings is 4. The molecule has 2 aliphatic heterocycles. The Labute approximate surface area is 611 Å². The van der Waals surface area contributed by atoms with Crippen LogP contribution >= 0.6 is 0 Å². The summed E-state index contributed by atoms with van der Waals surface area (Å²) in [6.07, 6.45) is 0.202. The van der Waals surface area contributed by atoms with Crippen molar-refractivity contribution in [3.63, 3.8) is 0 Å². The van der Waals surface area contributed by atoms with Gasteiger partial charge < -0.3 is 54.5 Å². The molecule has 26 nitrogen and oxygen atoms in total. The van der Waals surface area contributed by atoms with E-state index in [0.717, 1.165) is 11.1 Å². The lowest BCUT2D eigenvalue weighted by atomic mass is 9.88. The van der Waals surface area contributed by atoms with Crippen molar-refractivity contribution in [2.24, 2.45) is 22.7 Å². The number of nitrogens with one attached hydrogen (secondary N) is 5. The van der Waals surface area contributed by atoms with Gasteiger partial charge in [-0.15, -0.1) is 13.2 Å². The summed E-state index contributed by atoms with van der Waals surface area (Å²) in [6, 6.07) is 31.3. The van der Waals surface area contributed by atoms with Crippen LogP contribution in [0, 0.1) is 22.7 Å².